The third-order valence-corrected chi connectivity index (χ3v) is 4.13. The molecule has 0 aliphatic rings. The molecule has 0 bridgehead atoms. The molecule has 0 saturated heterocycles. The van der Waals surface area contributed by atoms with Crippen molar-refractivity contribution < 1.29 is 35.9 Å². The highest BCUT2D eigenvalue weighted by Gasteiger charge is 2.33. The summed E-state index contributed by atoms with van der Waals surface area (Å²) in [5.74, 6) is -3.95. The minimum Gasteiger partial charge on any atom is -0.453 e. The molecule has 0 atom stereocenters. The number of alkyl halides is 3. The minimum absolute atomic E-state index is 0.0165. The van der Waals surface area contributed by atoms with Gasteiger partial charge >= 0.3 is 6.18 Å². The molecule has 0 aliphatic carbocycles. The summed E-state index contributed by atoms with van der Waals surface area (Å²) >= 11 is 3.16. The van der Waals surface area contributed by atoms with E-state index in [1.807, 2.05) is 0 Å². The van der Waals surface area contributed by atoms with Crippen LogP contribution in [-0.2, 0) is 6.18 Å². The highest BCUT2D eigenvalue weighted by atomic mass is 79.9. The molecule has 0 aliphatic heterocycles. The number of aldehydes is 1. The van der Waals surface area contributed by atoms with Gasteiger partial charge in [-0.25, -0.2) is 8.78 Å². The van der Waals surface area contributed by atoms with Crippen molar-refractivity contribution in [1.82, 2.24) is 0 Å². The van der Waals surface area contributed by atoms with Crippen molar-refractivity contribution in [1.29, 1.82) is 0 Å². The normalized spacial score (nSPS) is 11.5. The lowest BCUT2D eigenvalue weighted by Gasteiger charge is -2.14. The topological polar surface area (TPSA) is 39.4 Å². The molecule has 0 radical (unpaired) electrons. The number of carbonyl (C=O) groups is 1. The van der Waals surface area contributed by atoms with Crippen LogP contribution in [0.2, 0.25) is 0 Å². The fraction of sp³-hybridized carbons (Fsp3) is 0.0556. The monoisotopic (exact) mass is 446 g/mol. The molecule has 1 heterocycles. The van der Waals surface area contributed by atoms with E-state index in [-0.39, 0.29) is 39.4 Å². The third-order valence-electron chi connectivity index (χ3n) is 3.51. The van der Waals surface area contributed by atoms with E-state index in [9.17, 15) is 26.7 Å². The molecule has 3 rings (SSSR count). The van der Waals surface area contributed by atoms with Crippen LogP contribution in [0.4, 0.5) is 22.0 Å². The van der Waals surface area contributed by atoms with Gasteiger partial charge in [-0.3, -0.25) is 4.79 Å². The molecule has 3 nitrogen and oxygen atoms in total. The smallest absolute Gasteiger partial charge is 0.416 e. The molecule has 0 fully saturated rings. The Hall–Kier alpha value is -2.68. The first-order valence-corrected chi connectivity index (χ1v) is 8.08. The average Bonchev–Trinajstić information content (AvgIpc) is 3.07. The SMILES string of the molecule is O=Cc1ccc(-c2cccc(Br)c2Oc2c(F)cc(C(F)(F)F)cc2F)o1. The van der Waals surface area contributed by atoms with Crippen LogP contribution in [-0.4, -0.2) is 6.29 Å². The summed E-state index contributed by atoms with van der Waals surface area (Å²) in [6.45, 7) is 0. The van der Waals surface area contributed by atoms with Gasteiger partial charge in [0.05, 0.1) is 15.6 Å². The van der Waals surface area contributed by atoms with Crippen LogP contribution >= 0.6 is 15.9 Å². The van der Waals surface area contributed by atoms with E-state index in [1.54, 1.807) is 6.07 Å². The summed E-state index contributed by atoms with van der Waals surface area (Å²) in [6.07, 6.45) is -4.44. The number of ether oxygens (including phenoxy) is 1. The maximum Gasteiger partial charge on any atom is 0.416 e. The molecule has 9 heteroatoms. The van der Waals surface area contributed by atoms with Gasteiger partial charge in [-0.05, 0) is 52.3 Å². The number of carbonyl (C=O) groups excluding carboxylic acids is 1. The van der Waals surface area contributed by atoms with Crippen molar-refractivity contribution in [2.24, 2.45) is 0 Å². The van der Waals surface area contributed by atoms with Crippen molar-refractivity contribution in [3.05, 3.63) is 69.9 Å². The van der Waals surface area contributed by atoms with Gasteiger partial charge in [0.1, 0.15) is 5.76 Å². The third kappa shape index (κ3) is 3.87. The predicted molar refractivity (Wildman–Crippen MR) is 88.7 cm³/mol. The van der Waals surface area contributed by atoms with Gasteiger partial charge in [0.25, 0.3) is 0 Å². The Morgan fingerprint density at radius 2 is 1.67 bits per heavy atom. The summed E-state index contributed by atoms with van der Waals surface area (Å²) in [4.78, 5) is 10.8. The number of para-hydroxylation sites is 1. The van der Waals surface area contributed by atoms with Crippen LogP contribution in [0, 0.1) is 11.6 Å². The Morgan fingerprint density at radius 1 is 1.00 bits per heavy atom. The number of halogens is 6. The van der Waals surface area contributed by atoms with E-state index in [0.29, 0.717) is 6.29 Å². The maximum absolute atomic E-state index is 14.1. The first kappa shape index (κ1) is 19.1. The summed E-state index contributed by atoms with van der Waals surface area (Å²) < 4.78 is 77.0. The molecule has 140 valence electrons. The van der Waals surface area contributed by atoms with Gasteiger partial charge in [0, 0.05) is 0 Å². The Labute approximate surface area is 157 Å². The van der Waals surface area contributed by atoms with Gasteiger partial charge < -0.3 is 9.15 Å². The van der Waals surface area contributed by atoms with Gasteiger partial charge in [0.15, 0.2) is 35.2 Å². The lowest BCUT2D eigenvalue weighted by atomic mass is 10.1. The van der Waals surface area contributed by atoms with E-state index in [4.69, 9.17) is 9.15 Å². The summed E-state index contributed by atoms with van der Waals surface area (Å²) in [7, 11) is 0. The predicted octanol–water partition coefficient (Wildman–Crippen LogP) is 6.61. The summed E-state index contributed by atoms with van der Waals surface area (Å²) in [5, 5.41) is 0. The molecule has 0 amide bonds. The van der Waals surface area contributed by atoms with Crippen LogP contribution in [0.25, 0.3) is 11.3 Å². The Balaban J connectivity index is 2.08. The molecular formula is C18H8BrF5O3. The van der Waals surface area contributed by atoms with Crippen LogP contribution in [0.15, 0.2) is 51.4 Å². The Bertz CT molecular complexity index is 987. The largest absolute Gasteiger partial charge is 0.453 e. The lowest BCUT2D eigenvalue weighted by molar-refractivity contribution is -0.138. The van der Waals surface area contributed by atoms with E-state index in [2.05, 4.69) is 15.9 Å². The molecule has 0 saturated carbocycles. The second kappa shape index (κ2) is 7.15. The lowest BCUT2D eigenvalue weighted by Crippen LogP contribution is -2.07. The van der Waals surface area contributed by atoms with Crippen molar-refractivity contribution in [2.75, 3.05) is 0 Å². The first-order valence-electron chi connectivity index (χ1n) is 7.28. The maximum atomic E-state index is 14.1. The number of furan rings is 1. The van der Waals surface area contributed by atoms with E-state index >= 15 is 0 Å². The summed E-state index contributed by atoms with van der Waals surface area (Å²) in [5.41, 5.74) is -1.24. The van der Waals surface area contributed by atoms with Gasteiger partial charge in [-0.2, -0.15) is 13.2 Å². The van der Waals surface area contributed by atoms with Crippen LogP contribution in [0.3, 0.4) is 0 Å². The number of hydrogen-bond donors (Lipinski definition) is 0. The highest BCUT2D eigenvalue weighted by molar-refractivity contribution is 9.10. The fourth-order valence-electron chi connectivity index (χ4n) is 2.29. The zero-order chi connectivity index (χ0) is 19.8. The van der Waals surface area contributed by atoms with Crippen molar-refractivity contribution >= 4 is 22.2 Å². The van der Waals surface area contributed by atoms with Crippen LogP contribution in [0.1, 0.15) is 16.1 Å². The second-order valence-electron chi connectivity index (χ2n) is 5.31. The fourth-order valence-corrected chi connectivity index (χ4v) is 2.74. The molecule has 0 N–H and O–H groups in total. The Morgan fingerprint density at radius 3 is 2.22 bits per heavy atom. The van der Waals surface area contributed by atoms with Gasteiger partial charge in [0.2, 0.25) is 0 Å². The number of benzene rings is 2. The molecule has 27 heavy (non-hydrogen) atoms. The van der Waals surface area contributed by atoms with Crippen molar-refractivity contribution in [2.45, 2.75) is 6.18 Å². The van der Waals surface area contributed by atoms with Gasteiger partial charge in [-0.15, -0.1) is 0 Å². The Kier molecular flexibility index (Phi) is 5.05. The van der Waals surface area contributed by atoms with Crippen molar-refractivity contribution in [3.63, 3.8) is 0 Å². The quantitative estimate of drug-likeness (QED) is 0.334. The van der Waals surface area contributed by atoms with E-state index < -0.39 is 29.1 Å². The van der Waals surface area contributed by atoms with Crippen LogP contribution < -0.4 is 4.74 Å². The zero-order valence-electron chi connectivity index (χ0n) is 13.1. The molecule has 3 aromatic rings. The van der Waals surface area contributed by atoms with Gasteiger partial charge in [-0.1, -0.05) is 6.07 Å². The molecule has 0 unspecified atom stereocenters. The molecular weight excluding hydrogens is 439 g/mol. The second-order valence-corrected chi connectivity index (χ2v) is 6.16. The zero-order valence-corrected chi connectivity index (χ0v) is 14.7. The van der Waals surface area contributed by atoms with E-state index in [0.717, 1.165) is 0 Å². The number of rotatable bonds is 4. The number of hydrogen-bond acceptors (Lipinski definition) is 3. The standard InChI is InChI=1S/C18H8BrF5O3/c19-12-3-1-2-11(15-5-4-10(8-25)26-15)16(12)27-17-13(20)6-9(7-14(17)21)18(22,23)24/h1-8H. The molecule has 0 spiro atoms. The van der Waals surface area contributed by atoms with E-state index in [1.165, 1.54) is 24.3 Å². The average molecular weight is 447 g/mol. The van der Waals surface area contributed by atoms with Crippen LogP contribution in [0.5, 0.6) is 11.5 Å². The highest BCUT2D eigenvalue weighted by Crippen LogP contribution is 2.42. The first-order chi connectivity index (χ1) is 12.7. The minimum atomic E-state index is -4.90. The summed E-state index contributed by atoms with van der Waals surface area (Å²) in [6, 6.07) is 7.69. The van der Waals surface area contributed by atoms with Crippen molar-refractivity contribution in [3.8, 4) is 22.8 Å². The molecule has 2 aromatic carbocycles. The molecule has 1 aromatic heterocycles.